The number of fused-ring (bicyclic) bond motifs is 1. The fourth-order valence-corrected chi connectivity index (χ4v) is 3.34. The van der Waals surface area contributed by atoms with Crippen LogP contribution in [0.5, 0.6) is 5.75 Å². The van der Waals surface area contributed by atoms with E-state index in [0.717, 1.165) is 16.8 Å². The number of anilines is 1. The topological polar surface area (TPSA) is 53.1 Å². The minimum absolute atomic E-state index is 0.279. The zero-order valence-electron chi connectivity index (χ0n) is 11.8. The van der Waals surface area contributed by atoms with Gasteiger partial charge in [0.05, 0.1) is 18.1 Å². The predicted molar refractivity (Wildman–Crippen MR) is 77.4 cm³/mol. The summed E-state index contributed by atoms with van der Waals surface area (Å²) in [7, 11) is 1.67. The zero-order valence-corrected chi connectivity index (χ0v) is 11.8. The molecule has 1 heterocycles. The molecule has 0 amide bonds. The van der Waals surface area contributed by atoms with Gasteiger partial charge in [0, 0.05) is 12.1 Å². The van der Waals surface area contributed by atoms with Crippen molar-refractivity contribution >= 4 is 17.0 Å². The van der Waals surface area contributed by atoms with E-state index < -0.39 is 0 Å². The number of imidazole rings is 1. The first kappa shape index (κ1) is 12.3. The highest BCUT2D eigenvalue weighted by molar-refractivity contribution is 5.80. The summed E-state index contributed by atoms with van der Waals surface area (Å²) < 4.78 is 7.46. The van der Waals surface area contributed by atoms with Gasteiger partial charge in [0.2, 0.25) is 5.95 Å². The van der Waals surface area contributed by atoms with Gasteiger partial charge in [-0.1, -0.05) is 20.3 Å². The van der Waals surface area contributed by atoms with Crippen LogP contribution in [0.4, 0.5) is 5.95 Å². The molecule has 1 aromatic carbocycles. The molecule has 4 heteroatoms. The van der Waals surface area contributed by atoms with Crippen molar-refractivity contribution in [3.8, 4) is 5.75 Å². The van der Waals surface area contributed by atoms with E-state index in [-0.39, 0.29) is 5.41 Å². The lowest BCUT2D eigenvalue weighted by molar-refractivity contribution is 0.268. The third kappa shape index (κ3) is 1.86. The van der Waals surface area contributed by atoms with Crippen molar-refractivity contribution in [3.05, 3.63) is 18.2 Å². The first-order chi connectivity index (χ1) is 9.03. The standard InChI is InChI=1S/C15H21N3O/c1-15(2)8-4-5-13(15)18-12-7-6-10(19-3)9-11(12)17-14(18)16/h6-7,9,13H,4-5,8H2,1-3H3,(H2,16,17). The van der Waals surface area contributed by atoms with Crippen LogP contribution in [0.2, 0.25) is 0 Å². The molecular weight excluding hydrogens is 238 g/mol. The van der Waals surface area contributed by atoms with Crippen molar-refractivity contribution < 1.29 is 4.74 Å². The maximum Gasteiger partial charge on any atom is 0.201 e. The third-order valence-corrected chi connectivity index (χ3v) is 4.44. The lowest BCUT2D eigenvalue weighted by Crippen LogP contribution is -2.22. The summed E-state index contributed by atoms with van der Waals surface area (Å²) in [5.74, 6) is 1.44. The number of nitrogens with zero attached hydrogens (tertiary/aromatic N) is 2. The van der Waals surface area contributed by atoms with Gasteiger partial charge in [-0.2, -0.15) is 0 Å². The highest BCUT2D eigenvalue weighted by atomic mass is 16.5. The van der Waals surface area contributed by atoms with Crippen LogP contribution in [0, 0.1) is 5.41 Å². The van der Waals surface area contributed by atoms with Gasteiger partial charge < -0.3 is 15.0 Å². The Hall–Kier alpha value is -1.71. The summed E-state index contributed by atoms with van der Waals surface area (Å²) >= 11 is 0. The van der Waals surface area contributed by atoms with Crippen molar-refractivity contribution in [2.75, 3.05) is 12.8 Å². The summed E-state index contributed by atoms with van der Waals surface area (Å²) in [6.07, 6.45) is 3.68. The largest absolute Gasteiger partial charge is 0.497 e. The summed E-state index contributed by atoms with van der Waals surface area (Å²) in [5, 5.41) is 0. The fourth-order valence-electron chi connectivity index (χ4n) is 3.34. The number of ether oxygens (including phenoxy) is 1. The lowest BCUT2D eigenvalue weighted by atomic mass is 9.87. The Morgan fingerprint density at radius 2 is 2.21 bits per heavy atom. The van der Waals surface area contributed by atoms with E-state index in [1.807, 2.05) is 12.1 Å². The van der Waals surface area contributed by atoms with Crippen molar-refractivity contribution in [2.45, 2.75) is 39.2 Å². The average Bonchev–Trinajstić information content (AvgIpc) is 2.86. The first-order valence-corrected chi connectivity index (χ1v) is 6.84. The fraction of sp³-hybridized carbons (Fsp3) is 0.533. The van der Waals surface area contributed by atoms with Gasteiger partial charge in [-0.3, -0.25) is 0 Å². The van der Waals surface area contributed by atoms with Crippen molar-refractivity contribution in [2.24, 2.45) is 5.41 Å². The van der Waals surface area contributed by atoms with Gasteiger partial charge in [0.25, 0.3) is 0 Å². The molecule has 1 saturated carbocycles. The van der Waals surface area contributed by atoms with Crippen LogP contribution >= 0.6 is 0 Å². The number of hydrogen-bond donors (Lipinski definition) is 1. The van der Waals surface area contributed by atoms with Gasteiger partial charge in [-0.25, -0.2) is 4.98 Å². The number of nitrogen functional groups attached to an aromatic ring is 1. The number of methoxy groups -OCH3 is 1. The van der Waals surface area contributed by atoms with Gasteiger partial charge >= 0.3 is 0 Å². The van der Waals surface area contributed by atoms with E-state index in [1.165, 1.54) is 19.3 Å². The van der Waals surface area contributed by atoms with Crippen LogP contribution in [0.3, 0.4) is 0 Å². The molecule has 4 nitrogen and oxygen atoms in total. The van der Waals surface area contributed by atoms with Crippen LogP contribution in [0.15, 0.2) is 18.2 Å². The number of aromatic nitrogens is 2. The second-order valence-electron chi connectivity index (χ2n) is 6.09. The predicted octanol–water partition coefficient (Wildman–Crippen LogP) is 3.38. The lowest BCUT2D eigenvalue weighted by Gasteiger charge is -2.29. The van der Waals surface area contributed by atoms with E-state index in [0.29, 0.717) is 12.0 Å². The summed E-state index contributed by atoms with van der Waals surface area (Å²) in [5.41, 5.74) is 8.46. The smallest absolute Gasteiger partial charge is 0.201 e. The Labute approximate surface area is 113 Å². The molecule has 1 aliphatic carbocycles. The molecule has 2 aromatic rings. The molecular formula is C15H21N3O. The van der Waals surface area contributed by atoms with E-state index in [4.69, 9.17) is 10.5 Å². The maximum absolute atomic E-state index is 6.16. The Morgan fingerprint density at radius 1 is 1.42 bits per heavy atom. The second-order valence-corrected chi connectivity index (χ2v) is 6.09. The summed E-state index contributed by atoms with van der Waals surface area (Å²) in [6.45, 7) is 4.64. The number of hydrogen-bond acceptors (Lipinski definition) is 3. The molecule has 1 aliphatic rings. The number of rotatable bonds is 2. The van der Waals surface area contributed by atoms with Crippen molar-refractivity contribution in [3.63, 3.8) is 0 Å². The minimum Gasteiger partial charge on any atom is -0.497 e. The van der Waals surface area contributed by atoms with Crippen LogP contribution < -0.4 is 10.5 Å². The zero-order chi connectivity index (χ0) is 13.6. The quantitative estimate of drug-likeness (QED) is 0.899. The van der Waals surface area contributed by atoms with Gasteiger partial charge in [-0.15, -0.1) is 0 Å². The van der Waals surface area contributed by atoms with Crippen LogP contribution in [-0.2, 0) is 0 Å². The highest BCUT2D eigenvalue weighted by Crippen LogP contribution is 2.47. The van der Waals surface area contributed by atoms with Gasteiger partial charge in [0.1, 0.15) is 5.75 Å². The summed E-state index contributed by atoms with van der Waals surface area (Å²) in [4.78, 5) is 4.49. The number of nitrogens with two attached hydrogens (primary N) is 1. The van der Waals surface area contributed by atoms with Crippen LogP contribution in [0.25, 0.3) is 11.0 Å². The SMILES string of the molecule is COc1ccc2c(c1)nc(N)n2C1CCCC1(C)C. The molecule has 3 rings (SSSR count). The molecule has 0 spiro atoms. The Morgan fingerprint density at radius 3 is 2.84 bits per heavy atom. The Bertz CT molecular complexity index is 615. The number of benzene rings is 1. The van der Waals surface area contributed by atoms with E-state index in [2.05, 4.69) is 29.5 Å². The van der Waals surface area contributed by atoms with Crippen LogP contribution in [-0.4, -0.2) is 16.7 Å². The molecule has 19 heavy (non-hydrogen) atoms. The second kappa shape index (κ2) is 4.15. The molecule has 0 bridgehead atoms. The summed E-state index contributed by atoms with van der Waals surface area (Å²) in [6, 6.07) is 6.42. The van der Waals surface area contributed by atoms with Crippen LogP contribution in [0.1, 0.15) is 39.2 Å². The van der Waals surface area contributed by atoms with Gasteiger partial charge in [0.15, 0.2) is 0 Å². The molecule has 1 fully saturated rings. The molecule has 1 atom stereocenters. The maximum atomic E-state index is 6.16. The van der Waals surface area contributed by atoms with Gasteiger partial charge in [-0.05, 0) is 30.4 Å². The average molecular weight is 259 g/mol. The minimum atomic E-state index is 0.279. The molecule has 0 saturated heterocycles. The molecule has 1 unspecified atom stereocenters. The normalized spacial score (nSPS) is 21.9. The van der Waals surface area contributed by atoms with Crippen molar-refractivity contribution in [1.82, 2.24) is 9.55 Å². The van der Waals surface area contributed by atoms with E-state index in [9.17, 15) is 0 Å². The molecule has 0 aliphatic heterocycles. The van der Waals surface area contributed by atoms with Crippen molar-refractivity contribution in [1.29, 1.82) is 0 Å². The first-order valence-electron chi connectivity index (χ1n) is 6.84. The highest BCUT2D eigenvalue weighted by Gasteiger charge is 2.37. The van der Waals surface area contributed by atoms with E-state index >= 15 is 0 Å². The third-order valence-electron chi connectivity index (χ3n) is 4.44. The van der Waals surface area contributed by atoms with E-state index in [1.54, 1.807) is 7.11 Å². The molecule has 102 valence electrons. The Kier molecular flexibility index (Phi) is 2.69. The molecule has 1 aromatic heterocycles. The molecule has 0 radical (unpaired) electrons. The monoisotopic (exact) mass is 259 g/mol. The molecule has 2 N–H and O–H groups in total. The Balaban J connectivity index is 2.16.